The molecule has 1 saturated carbocycles. The van der Waals surface area contributed by atoms with E-state index in [9.17, 15) is 4.79 Å². The number of carbonyl (C=O) groups is 1. The summed E-state index contributed by atoms with van der Waals surface area (Å²) in [6.45, 7) is 3.85. The third-order valence-corrected chi connectivity index (χ3v) is 5.21. The lowest BCUT2D eigenvalue weighted by atomic mass is 9.68. The number of carbonyl (C=O) groups excluding carboxylic acids is 1. The van der Waals surface area contributed by atoms with Gasteiger partial charge in [0, 0.05) is 20.0 Å². The van der Waals surface area contributed by atoms with E-state index >= 15 is 0 Å². The van der Waals surface area contributed by atoms with Crippen LogP contribution in [-0.4, -0.2) is 23.9 Å². The highest BCUT2D eigenvalue weighted by molar-refractivity contribution is 5.92. The summed E-state index contributed by atoms with van der Waals surface area (Å²) >= 11 is 0. The van der Waals surface area contributed by atoms with Crippen LogP contribution in [0.15, 0.2) is 18.3 Å². The number of aromatic nitrogens is 1. The van der Waals surface area contributed by atoms with Crippen molar-refractivity contribution < 1.29 is 4.79 Å². The van der Waals surface area contributed by atoms with Gasteiger partial charge in [-0.3, -0.25) is 9.78 Å². The third-order valence-electron chi connectivity index (χ3n) is 5.21. The first-order valence-corrected chi connectivity index (χ1v) is 7.91. The molecule has 1 aromatic heterocycles. The molecule has 2 aliphatic rings. The summed E-state index contributed by atoms with van der Waals surface area (Å²) in [4.78, 5) is 18.0. The van der Waals surface area contributed by atoms with Gasteiger partial charge in [-0.15, -0.1) is 0 Å². The molecule has 0 amide bonds. The van der Waals surface area contributed by atoms with Crippen molar-refractivity contribution in [1.29, 1.82) is 0 Å². The van der Waals surface area contributed by atoms with Gasteiger partial charge < -0.3 is 4.90 Å². The van der Waals surface area contributed by atoms with E-state index in [2.05, 4.69) is 9.88 Å². The molecule has 0 atom stereocenters. The summed E-state index contributed by atoms with van der Waals surface area (Å²) in [7, 11) is 0. The summed E-state index contributed by atoms with van der Waals surface area (Å²) in [6.07, 6.45) is 11.6. The molecule has 3 rings (SSSR count). The number of Topliss-reactive ketones (excluding diaryl/α,β-unsaturated/α-hetero) is 1. The molecule has 1 spiro atoms. The van der Waals surface area contributed by atoms with E-state index < -0.39 is 0 Å². The average Bonchev–Trinajstić information content (AvgIpc) is 2.49. The van der Waals surface area contributed by atoms with E-state index in [0.717, 1.165) is 13.1 Å². The Kier molecular flexibility index (Phi) is 3.77. The first-order valence-electron chi connectivity index (χ1n) is 7.91. The Morgan fingerprint density at radius 1 is 1.10 bits per heavy atom. The Bertz CT molecular complexity index is 464. The van der Waals surface area contributed by atoms with E-state index in [-0.39, 0.29) is 5.78 Å². The molecule has 0 bridgehead atoms. The summed E-state index contributed by atoms with van der Waals surface area (Å²) in [5.74, 6) is 0.0383. The first-order chi connectivity index (χ1) is 9.69. The second kappa shape index (κ2) is 5.55. The Morgan fingerprint density at radius 3 is 2.35 bits per heavy atom. The Labute approximate surface area is 121 Å². The molecule has 0 aromatic carbocycles. The summed E-state index contributed by atoms with van der Waals surface area (Å²) in [5, 5.41) is 0. The monoisotopic (exact) mass is 272 g/mol. The van der Waals surface area contributed by atoms with Crippen LogP contribution in [0.1, 0.15) is 62.4 Å². The fraction of sp³-hybridized carbons (Fsp3) is 0.647. The van der Waals surface area contributed by atoms with E-state index in [0.29, 0.717) is 11.1 Å². The number of hydrogen-bond acceptors (Lipinski definition) is 3. The van der Waals surface area contributed by atoms with Crippen LogP contribution in [0, 0.1) is 5.41 Å². The summed E-state index contributed by atoms with van der Waals surface area (Å²) in [6, 6.07) is 3.89. The smallest absolute Gasteiger partial charge is 0.178 e. The summed E-state index contributed by atoms with van der Waals surface area (Å²) in [5.41, 5.74) is 2.37. The molecule has 20 heavy (non-hydrogen) atoms. The molecular weight excluding hydrogens is 248 g/mol. The molecule has 0 radical (unpaired) electrons. The zero-order valence-electron chi connectivity index (χ0n) is 12.4. The Morgan fingerprint density at radius 2 is 1.80 bits per heavy atom. The lowest BCUT2D eigenvalue weighted by Crippen LogP contribution is -2.41. The van der Waals surface area contributed by atoms with Crippen LogP contribution in [0.25, 0.3) is 0 Å². The van der Waals surface area contributed by atoms with Gasteiger partial charge in [-0.25, -0.2) is 0 Å². The van der Waals surface area contributed by atoms with Crippen molar-refractivity contribution in [2.45, 2.75) is 51.9 Å². The van der Waals surface area contributed by atoms with Gasteiger partial charge in [-0.05, 0) is 43.2 Å². The minimum absolute atomic E-state index is 0.0383. The molecule has 108 valence electrons. The molecule has 1 saturated heterocycles. The van der Waals surface area contributed by atoms with Crippen molar-refractivity contribution in [3.63, 3.8) is 0 Å². The second-order valence-electron chi connectivity index (χ2n) is 6.51. The third kappa shape index (κ3) is 2.72. The lowest BCUT2D eigenvalue weighted by Gasteiger charge is -2.45. The molecule has 2 fully saturated rings. The Hall–Kier alpha value is -1.38. The minimum Gasteiger partial charge on any atom is -0.370 e. The van der Waals surface area contributed by atoms with Crippen LogP contribution in [0.5, 0.6) is 0 Å². The van der Waals surface area contributed by atoms with E-state index in [1.807, 2.05) is 18.3 Å². The lowest BCUT2D eigenvalue weighted by molar-refractivity contribution is 0.101. The molecular formula is C17H24N2O. The van der Waals surface area contributed by atoms with Crippen molar-refractivity contribution in [3.05, 3.63) is 24.0 Å². The van der Waals surface area contributed by atoms with Crippen molar-refractivity contribution in [3.8, 4) is 0 Å². The van der Waals surface area contributed by atoms with Crippen molar-refractivity contribution in [2.75, 3.05) is 18.0 Å². The molecule has 3 heteroatoms. The molecule has 1 aliphatic carbocycles. The normalized spacial score (nSPS) is 21.9. The van der Waals surface area contributed by atoms with Gasteiger partial charge in [-0.1, -0.05) is 19.3 Å². The average molecular weight is 272 g/mol. The van der Waals surface area contributed by atoms with Gasteiger partial charge >= 0.3 is 0 Å². The molecule has 0 unspecified atom stereocenters. The maximum absolute atomic E-state index is 11.3. The zero-order valence-corrected chi connectivity index (χ0v) is 12.4. The first kappa shape index (κ1) is 13.6. The summed E-state index contributed by atoms with van der Waals surface area (Å²) < 4.78 is 0. The topological polar surface area (TPSA) is 33.2 Å². The van der Waals surface area contributed by atoms with E-state index in [4.69, 9.17) is 0 Å². The van der Waals surface area contributed by atoms with Gasteiger partial charge in [0.2, 0.25) is 0 Å². The van der Waals surface area contributed by atoms with Gasteiger partial charge in [0.05, 0.1) is 11.9 Å². The quantitative estimate of drug-likeness (QED) is 0.767. The van der Waals surface area contributed by atoms with E-state index in [1.54, 1.807) is 6.92 Å². The van der Waals surface area contributed by atoms with E-state index in [1.165, 1.54) is 50.6 Å². The highest BCUT2D eigenvalue weighted by Gasteiger charge is 2.35. The number of anilines is 1. The standard InChI is InChI=1S/C17H24N2O/c1-14(20)16-6-5-15(13-18-16)19-11-9-17(10-12-19)7-3-2-4-8-17/h5-6,13H,2-4,7-12H2,1H3. The van der Waals surface area contributed by atoms with Gasteiger partial charge in [0.25, 0.3) is 0 Å². The van der Waals surface area contributed by atoms with Crippen LogP contribution >= 0.6 is 0 Å². The van der Waals surface area contributed by atoms with Crippen LogP contribution in [0.2, 0.25) is 0 Å². The number of nitrogens with zero attached hydrogens (tertiary/aromatic N) is 2. The molecule has 1 aromatic rings. The van der Waals surface area contributed by atoms with Crippen LogP contribution < -0.4 is 4.90 Å². The number of hydrogen-bond donors (Lipinski definition) is 0. The second-order valence-corrected chi connectivity index (χ2v) is 6.51. The number of piperidine rings is 1. The predicted octanol–water partition coefficient (Wildman–Crippen LogP) is 3.83. The maximum atomic E-state index is 11.3. The number of ketones is 1. The molecule has 0 N–H and O–H groups in total. The van der Waals surface area contributed by atoms with Crippen LogP contribution in [0.4, 0.5) is 5.69 Å². The maximum Gasteiger partial charge on any atom is 0.178 e. The highest BCUT2D eigenvalue weighted by atomic mass is 16.1. The number of pyridine rings is 1. The SMILES string of the molecule is CC(=O)c1ccc(N2CCC3(CCCCC3)CC2)cn1. The van der Waals surface area contributed by atoms with Crippen molar-refractivity contribution in [1.82, 2.24) is 4.98 Å². The van der Waals surface area contributed by atoms with Gasteiger partial charge in [0.15, 0.2) is 5.78 Å². The van der Waals surface area contributed by atoms with Crippen LogP contribution in [0.3, 0.4) is 0 Å². The zero-order chi connectivity index (χ0) is 14.0. The fourth-order valence-electron chi connectivity index (χ4n) is 3.82. The highest BCUT2D eigenvalue weighted by Crippen LogP contribution is 2.45. The molecule has 1 aliphatic heterocycles. The van der Waals surface area contributed by atoms with Crippen molar-refractivity contribution >= 4 is 11.5 Å². The Balaban J connectivity index is 1.64. The largest absolute Gasteiger partial charge is 0.370 e. The van der Waals surface area contributed by atoms with Gasteiger partial charge in [-0.2, -0.15) is 0 Å². The fourth-order valence-corrected chi connectivity index (χ4v) is 3.82. The number of rotatable bonds is 2. The van der Waals surface area contributed by atoms with Crippen LogP contribution in [-0.2, 0) is 0 Å². The minimum atomic E-state index is 0.0383. The van der Waals surface area contributed by atoms with Crippen molar-refractivity contribution in [2.24, 2.45) is 5.41 Å². The molecule has 3 nitrogen and oxygen atoms in total. The predicted molar refractivity (Wildman–Crippen MR) is 81.2 cm³/mol. The molecule has 2 heterocycles. The van der Waals surface area contributed by atoms with Gasteiger partial charge in [0.1, 0.15) is 5.69 Å².